The molecule has 0 radical (unpaired) electrons. The summed E-state index contributed by atoms with van der Waals surface area (Å²) in [6.07, 6.45) is 0. The first kappa shape index (κ1) is 34.0. The van der Waals surface area contributed by atoms with Gasteiger partial charge in [-0.1, -0.05) is 158 Å². The molecule has 0 N–H and O–H groups in total. The van der Waals surface area contributed by atoms with Crippen LogP contribution in [-0.2, 0) is 0 Å². The van der Waals surface area contributed by atoms with E-state index in [-0.39, 0.29) is 0 Å². The fraction of sp³-hybridized carbons (Fsp3) is 0. The highest BCUT2D eigenvalue weighted by atomic mass is 32.1. The Kier molecular flexibility index (Phi) is 8.42. The molecule has 10 aromatic carbocycles. The van der Waals surface area contributed by atoms with Crippen LogP contribution in [0.2, 0.25) is 0 Å². The largest absolute Gasteiger partial charge is 0.310 e. The summed E-state index contributed by atoms with van der Waals surface area (Å²) < 4.78 is 2.65. The Hall–Kier alpha value is -7.26. The molecule has 0 saturated heterocycles. The summed E-state index contributed by atoms with van der Waals surface area (Å²) in [5.74, 6) is 0. The molecule has 58 heavy (non-hydrogen) atoms. The van der Waals surface area contributed by atoms with Crippen molar-refractivity contribution >= 4 is 70.1 Å². The van der Waals surface area contributed by atoms with Crippen molar-refractivity contribution in [2.45, 2.75) is 0 Å². The van der Waals surface area contributed by atoms with E-state index < -0.39 is 0 Å². The molecule has 1 nitrogen and oxygen atoms in total. The molecule has 0 unspecified atom stereocenters. The van der Waals surface area contributed by atoms with Crippen LogP contribution in [0.4, 0.5) is 17.1 Å². The lowest BCUT2D eigenvalue weighted by Gasteiger charge is -2.26. The number of hydrogen-bond acceptors (Lipinski definition) is 2. The van der Waals surface area contributed by atoms with Gasteiger partial charge < -0.3 is 4.90 Å². The van der Waals surface area contributed by atoms with Crippen molar-refractivity contribution in [1.82, 2.24) is 0 Å². The first-order chi connectivity index (χ1) is 28.7. The molecule has 0 saturated carbocycles. The zero-order chi connectivity index (χ0) is 38.4. The Morgan fingerprint density at radius 1 is 0.241 bits per heavy atom. The molecule has 1 heterocycles. The van der Waals surface area contributed by atoms with E-state index >= 15 is 0 Å². The number of anilines is 3. The fourth-order valence-corrected chi connectivity index (χ4v) is 9.57. The van der Waals surface area contributed by atoms with Crippen LogP contribution in [0.15, 0.2) is 224 Å². The number of rotatable bonds is 7. The summed E-state index contributed by atoms with van der Waals surface area (Å²) in [5, 5.41) is 7.74. The van der Waals surface area contributed by atoms with Gasteiger partial charge in [0.05, 0.1) is 0 Å². The smallest absolute Gasteiger partial charge is 0.0467 e. The van der Waals surface area contributed by atoms with E-state index in [1.165, 1.54) is 86.2 Å². The zero-order valence-corrected chi connectivity index (χ0v) is 32.5. The molecule has 2 heteroatoms. The van der Waals surface area contributed by atoms with Gasteiger partial charge in [-0.15, -0.1) is 11.3 Å². The van der Waals surface area contributed by atoms with Crippen LogP contribution in [0, 0.1) is 0 Å². The maximum atomic E-state index is 2.37. The van der Waals surface area contributed by atoms with Crippen LogP contribution in [0.5, 0.6) is 0 Å². The molecule has 0 aliphatic carbocycles. The van der Waals surface area contributed by atoms with Crippen LogP contribution in [-0.4, -0.2) is 0 Å². The normalized spacial score (nSPS) is 11.4. The molecule has 272 valence electrons. The zero-order valence-electron chi connectivity index (χ0n) is 31.7. The van der Waals surface area contributed by atoms with Gasteiger partial charge in [0, 0.05) is 37.2 Å². The minimum absolute atomic E-state index is 1.10. The monoisotopic (exact) mass is 755 g/mol. The maximum Gasteiger partial charge on any atom is 0.0467 e. The number of thiophene rings is 1. The van der Waals surface area contributed by atoms with Crippen molar-refractivity contribution < 1.29 is 0 Å². The summed E-state index contributed by atoms with van der Waals surface area (Å²) >= 11 is 1.86. The van der Waals surface area contributed by atoms with Crippen LogP contribution in [0.25, 0.3) is 86.2 Å². The van der Waals surface area contributed by atoms with E-state index in [1.54, 1.807) is 0 Å². The molecule has 0 fully saturated rings. The highest BCUT2D eigenvalue weighted by Gasteiger charge is 2.16. The average Bonchev–Trinajstić information content (AvgIpc) is 3.68. The highest BCUT2D eigenvalue weighted by Crippen LogP contribution is 2.41. The van der Waals surface area contributed by atoms with E-state index in [2.05, 4.69) is 229 Å². The molecular formula is C56H37NS. The van der Waals surface area contributed by atoms with Gasteiger partial charge in [-0.2, -0.15) is 0 Å². The van der Waals surface area contributed by atoms with Gasteiger partial charge in [-0.05, 0) is 133 Å². The number of nitrogens with zero attached hydrogens (tertiary/aromatic N) is 1. The molecule has 11 aromatic rings. The Balaban J connectivity index is 0.966. The highest BCUT2D eigenvalue weighted by molar-refractivity contribution is 7.25. The van der Waals surface area contributed by atoms with Crippen molar-refractivity contribution in [2.24, 2.45) is 0 Å². The van der Waals surface area contributed by atoms with Crippen LogP contribution < -0.4 is 4.90 Å². The second kappa shape index (κ2) is 14.4. The van der Waals surface area contributed by atoms with Crippen molar-refractivity contribution in [3.8, 4) is 44.5 Å². The van der Waals surface area contributed by atoms with E-state index in [1.807, 2.05) is 11.3 Å². The van der Waals surface area contributed by atoms with Gasteiger partial charge in [0.15, 0.2) is 0 Å². The minimum atomic E-state index is 1.10. The second-order valence-electron chi connectivity index (χ2n) is 15.0. The number of fused-ring (bicyclic) bond motifs is 6. The summed E-state index contributed by atoms with van der Waals surface area (Å²) in [5.41, 5.74) is 12.9. The van der Waals surface area contributed by atoms with E-state index in [0.29, 0.717) is 0 Å². The van der Waals surface area contributed by atoms with E-state index in [0.717, 1.165) is 17.1 Å². The third-order valence-electron chi connectivity index (χ3n) is 11.4. The summed E-state index contributed by atoms with van der Waals surface area (Å²) in [4.78, 5) is 2.37. The second-order valence-corrected chi connectivity index (χ2v) is 16.0. The molecule has 0 spiro atoms. The Bertz CT molecular complexity index is 3270. The molecule has 0 bridgehead atoms. The fourth-order valence-electron chi connectivity index (χ4n) is 8.48. The number of hydrogen-bond donors (Lipinski definition) is 0. The van der Waals surface area contributed by atoms with Crippen molar-refractivity contribution in [3.05, 3.63) is 224 Å². The van der Waals surface area contributed by atoms with E-state index in [9.17, 15) is 0 Å². The Labute approximate surface area is 342 Å². The lowest BCUT2D eigenvalue weighted by atomic mass is 9.95. The quantitative estimate of drug-likeness (QED) is 0.146. The SMILES string of the molecule is c1ccc(-c2ccc(N(c3ccc(-c4ccc5sc6ccccc6c5c4)cc3)c3cccc(-c4cccc(-c5ccc6c(ccc7ccccc76)c5)c4)c3)cc2)cc1. The average molecular weight is 756 g/mol. The minimum Gasteiger partial charge on any atom is -0.310 e. The Morgan fingerprint density at radius 2 is 0.741 bits per heavy atom. The molecule has 0 amide bonds. The molecular weight excluding hydrogens is 719 g/mol. The Morgan fingerprint density at radius 3 is 1.52 bits per heavy atom. The predicted molar refractivity (Wildman–Crippen MR) is 251 cm³/mol. The van der Waals surface area contributed by atoms with Gasteiger partial charge in [-0.25, -0.2) is 0 Å². The van der Waals surface area contributed by atoms with E-state index in [4.69, 9.17) is 0 Å². The lowest BCUT2D eigenvalue weighted by molar-refractivity contribution is 1.28. The predicted octanol–water partition coefficient (Wildman–Crippen LogP) is 16.5. The van der Waals surface area contributed by atoms with Gasteiger partial charge >= 0.3 is 0 Å². The first-order valence-electron chi connectivity index (χ1n) is 19.8. The van der Waals surface area contributed by atoms with Crippen molar-refractivity contribution in [3.63, 3.8) is 0 Å². The lowest BCUT2D eigenvalue weighted by Crippen LogP contribution is -2.10. The molecule has 0 aliphatic heterocycles. The standard InChI is InChI=1S/C56H37NS/c1-2-10-38(11-3-1)39-22-28-48(29-23-39)57(49-30-24-40(25-31-49)46-27-33-56-54(37-46)53-18-6-7-19-55(53)58-56)50-16-9-15-44(36-50)42-13-8-14-43(34-42)45-26-32-52-47(35-45)21-20-41-12-4-5-17-51(41)52/h1-37H. The van der Waals surface area contributed by atoms with Gasteiger partial charge in [0.2, 0.25) is 0 Å². The van der Waals surface area contributed by atoms with Crippen molar-refractivity contribution in [2.75, 3.05) is 4.90 Å². The van der Waals surface area contributed by atoms with Crippen LogP contribution >= 0.6 is 11.3 Å². The third kappa shape index (κ3) is 6.21. The topological polar surface area (TPSA) is 3.24 Å². The van der Waals surface area contributed by atoms with Gasteiger partial charge in [0.25, 0.3) is 0 Å². The molecule has 0 atom stereocenters. The summed E-state index contributed by atoms with van der Waals surface area (Å²) in [7, 11) is 0. The first-order valence-corrected chi connectivity index (χ1v) is 20.6. The van der Waals surface area contributed by atoms with Crippen LogP contribution in [0.1, 0.15) is 0 Å². The summed E-state index contributed by atoms with van der Waals surface area (Å²) in [6, 6.07) is 82.0. The molecule has 11 rings (SSSR count). The van der Waals surface area contributed by atoms with Crippen molar-refractivity contribution in [1.29, 1.82) is 0 Å². The third-order valence-corrected chi connectivity index (χ3v) is 12.6. The van der Waals surface area contributed by atoms with Crippen LogP contribution in [0.3, 0.4) is 0 Å². The molecule has 0 aliphatic rings. The maximum absolute atomic E-state index is 2.37. The van der Waals surface area contributed by atoms with Gasteiger partial charge in [0.1, 0.15) is 0 Å². The summed E-state index contributed by atoms with van der Waals surface area (Å²) in [6.45, 7) is 0. The number of benzene rings is 10. The molecule has 1 aromatic heterocycles. The van der Waals surface area contributed by atoms with Gasteiger partial charge in [-0.3, -0.25) is 0 Å².